The third kappa shape index (κ3) is 4.82. The fourth-order valence-corrected chi connectivity index (χ4v) is 3.84. The summed E-state index contributed by atoms with van der Waals surface area (Å²) in [5, 5.41) is 9.17. The van der Waals surface area contributed by atoms with Crippen molar-refractivity contribution in [1.29, 1.82) is 0 Å². The number of aliphatic hydroxyl groups excluding tert-OH is 1. The summed E-state index contributed by atoms with van der Waals surface area (Å²) in [5.74, 6) is 0. The third-order valence-electron chi connectivity index (χ3n) is 2.71. The Bertz CT molecular complexity index is 546. The summed E-state index contributed by atoms with van der Waals surface area (Å²) in [4.78, 5) is 0.151. The highest BCUT2D eigenvalue weighted by Crippen LogP contribution is 2.27. The van der Waals surface area contributed by atoms with Crippen LogP contribution < -0.4 is 4.72 Å². The van der Waals surface area contributed by atoms with E-state index in [1.807, 2.05) is 6.92 Å². The van der Waals surface area contributed by atoms with Crippen molar-refractivity contribution in [2.24, 2.45) is 0 Å². The first-order chi connectivity index (χ1) is 9.42. The fraction of sp³-hybridized carbons (Fsp3) is 0.538. The molecule has 1 aromatic carbocycles. The Morgan fingerprint density at radius 3 is 2.70 bits per heavy atom. The highest BCUT2D eigenvalue weighted by molar-refractivity contribution is 9.10. The average molecular weight is 366 g/mol. The zero-order valence-electron chi connectivity index (χ0n) is 11.6. The van der Waals surface area contributed by atoms with E-state index < -0.39 is 10.0 Å². The molecule has 2 N–H and O–H groups in total. The van der Waals surface area contributed by atoms with Crippen molar-refractivity contribution in [3.63, 3.8) is 0 Å². The number of aliphatic hydroxyl groups is 1. The van der Waals surface area contributed by atoms with Gasteiger partial charge >= 0.3 is 0 Å². The quantitative estimate of drug-likeness (QED) is 0.690. The van der Waals surface area contributed by atoms with Crippen LogP contribution in [0.4, 0.5) is 0 Å². The maximum Gasteiger partial charge on any atom is 0.241 e. The van der Waals surface area contributed by atoms with Gasteiger partial charge in [-0.3, -0.25) is 0 Å². The van der Waals surface area contributed by atoms with E-state index in [1.54, 1.807) is 13.0 Å². The first-order valence-electron chi connectivity index (χ1n) is 6.39. The molecule has 0 aromatic heterocycles. The van der Waals surface area contributed by atoms with Gasteiger partial charge in [-0.2, -0.15) is 0 Å². The summed E-state index contributed by atoms with van der Waals surface area (Å²) in [6.45, 7) is 4.95. The molecule has 0 saturated heterocycles. The smallest absolute Gasteiger partial charge is 0.241 e. The molecule has 0 aliphatic heterocycles. The largest absolute Gasteiger partial charge is 0.392 e. The Balaban J connectivity index is 2.84. The number of hydrogen-bond donors (Lipinski definition) is 2. The lowest BCUT2D eigenvalue weighted by Crippen LogP contribution is -2.26. The monoisotopic (exact) mass is 365 g/mol. The summed E-state index contributed by atoms with van der Waals surface area (Å²) in [7, 11) is -3.60. The van der Waals surface area contributed by atoms with Gasteiger partial charge in [0.2, 0.25) is 10.0 Å². The van der Waals surface area contributed by atoms with Gasteiger partial charge in [0, 0.05) is 24.2 Å². The Morgan fingerprint density at radius 1 is 1.40 bits per heavy atom. The second-order valence-electron chi connectivity index (χ2n) is 4.33. The Morgan fingerprint density at radius 2 is 2.10 bits per heavy atom. The zero-order chi connectivity index (χ0) is 15.2. The van der Waals surface area contributed by atoms with Crippen LogP contribution in [0.1, 0.15) is 24.5 Å². The summed E-state index contributed by atoms with van der Waals surface area (Å²) >= 11 is 3.29. The summed E-state index contributed by atoms with van der Waals surface area (Å²) in [5.41, 5.74) is 1.34. The normalized spacial score (nSPS) is 11.8. The third-order valence-corrected chi connectivity index (χ3v) is 5.51. The SMILES string of the molecule is CCOCCCNS(=O)(=O)c1cc(CO)cc(C)c1Br. The molecule has 0 aliphatic carbocycles. The van der Waals surface area contributed by atoms with Gasteiger partial charge in [-0.15, -0.1) is 0 Å². The van der Waals surface area contributed by atoms with E-state index in [-0.39, 0.29) is 11.5 Å². The number of rotatable bonds is 8. The molecule has 0 bridgehead atoms. The number of nitrogens with one attached hydrogen (secondary N) is 1. The molecule has 1 rings (SSSR count). The van der Waals surface area contributed by atoms with Gasteiger partial charge in [0.15, 0.2) is 0 Å². The maximum absolute atomic E-state index is 12.2. The van der Waals surface area contributed by atoms with E-state index in [9.17, 15) is 8.42 Å². The highest BCUT2D eigenvalue weighted by atomic mass is 79.9. The number of sulfonamides is 1. The lowest BCUT2D eigenvalue weighted by Gasteiger charge is -2.12. The summed E-state index contributed by atoms with van der Waals surface area (Å²) < 4.78 is 32.7. The molecule has 1 aromatic rings. The Kier molecular flexibility index (Phi) is 7.11. The van der Waals surface area contributed by atoms with E-state index in [0.29, 0.717) is 36.2 Å². The molecular formula is C13H20BrNO4S. The Hall–Kier alpha value is -0.470. The minimum atomic E-state index is -3.60. The topological polar surface area (TPSA) is 75.6 Å². The second-order valence-corrected chi connectivity index (χ2v) is 6.86. The van der Waals surface area contributed by atoms with Crippen LogP contribution in [0.2, 0.25) is 0 Å². The predicted octanol–water partition coefficient (Wildman–Crippen LogP) is 1.95. The van der Waals surface area contributed by atoms with Crippen molar-refractivity contribution in [3.05, 3.63) is 27.7 Å². The molecule has 7 heteroatoms. The summed E-state index contributed by atoms with van der Waals surface area (Å²) in [6, 6.07) is 3.22. The van der Waals surface area contributed by atoms with Gasteiger partial charge in [-0.05, 0) is 53.4 Å². The van der Waals surface area contributed by atoms with E-state index >= 15 is 0 Å². The minimum absolute atomic E-state index is 0.151. The van der Waals surface area contributed by atoms with Crippen molar-refractivity contribution in [3.8, 4) is 0 Å². The lowest BCUT2D eigenvalue weighted by atomic mass is 10.1. The molecule has 0 radical (unpaired) electrons. The van der Waals surface area contributed by atoms with Crippen LogP contribution in [-0.2, 0) is 21.4 Å². The van der Waals surface area contributed by atoms with Crippen LogP contribution in [0.15, 0.2) is 21.5 Å². The molecule has 0 amide bonds. The molecule has 0 spiro atoms. The number of aryl methyl sites for hydroxylation is 1. The predicted molar refractivity (Wildman–Crippen MR) is 81.1 cm³/mol. The molecule has 0 unspecified atom stereocenters. The Labute approximate surface area is 128 Å². The van der Waals surface area contributed by atoms with Gasteiger partial charge in [0.05, 0.1) is 11.5 Å². The maximum atomic E-state index is 12.2. The van der Waals surface area contributed by atoms with Crippen LogP contribution in [0.3, 0.4) is 0 Å². The van der Waals surface area contributed by atoms with Crippen molar-refractivity contribution in [2.75, 3.05) is 19.8 Å². The van der Waals surface area contributed by atoms with Gasteiger partial charge < -0.3 is 9.84 Å². The van der Waals surface area contributed by atoms with Crippen molar-refractivity contribution in [1.82, 2.24) is 4.72 Å². The molecule has 0 aliphatic rings. The van der Waals surface area contributed by atoms with Crippen LogP contribution in [0.25, 0.3) is 0 Å². The molecule has 0 saturated carbocycles. The number of ether oxygens (including phenoxy) is 1. The lowest BCUT2D eigenvalue weighted by molar-refractivity contribution is 0.146. The highest BCUT2D eigenvalue weighted by Gasteiger charge is 2.19. The minimum Gasteiger partial charge on any atom is -0.392 e. The van der Waals surface area contributed by atoms with E-state index in [0.717, 1.165) is 5.56 Å². The second kappa shape index (κ2) is 8.09. The van der Waals surface area contributed by atoms with Crippen LogP contribution in [-0.4, -0.2) is 33.3 Å². The number of hydrogen-bond acceptors (Lipinski definition) is 4. The number of benzene rings is 1. The number of halogens is 1. The van der Waals surface area contributed by atoms with E-state index in [2.05, 4.69) is 20.7 Å². The molecule has 0 atom stereocenters. The van der Waals surface area contributed by atoms with Crippen molar-refractivity contribution < 1.29 is 18.3 Å². The first kappa shape index (κ1) is 17.6. The molecule has 0 heterocycles. The summed E-state index contributed by atoms with van der Waals surface area (Å²) in [6.07, 6.45) is 0.614. The van der Waals surface area contributed by atoms with Crippen molar-refractivity contribution in [2.45, 2.75) is 31.8 Å². The molecule has 0 fully saturated rings. The van der Waals surface area contributed by atoms with Gasteiger partial charge in [-0.25, -0.2) is 13.1 Å². The van der Waals surface area contributed by atoms with Gasteiger partial charge in [-0.1, -0.05) is 6.07 Å². The zero-order valence-corrected chi connectivity index (χ0v) is 14.1. The molecule has 20 heavy (non-hydrogen) atoms. The average Bonchev–Trinajstić information content (AvgIpc) is 2.41. The van der Waals surface area contributed by atoms with Gasteiger partial charge in [0.1, 0.15) is 0 Å². The molecule has 114 valence electrons. The fourth-order valence-electron chi connectivity index (χ4n) is 1.70. The van der Waals surface area contributed by atoms with Crippen LogP contribution >= 0.6 is 15.9 Å². The van der Waals surface area contributed by atoms with E-state index in [1.165, 1.54) is 6.07 Å². The van der Waals surface area contributed by atoms with Crippen LogP contribution in [0, 0.1) is 6.92 Å². The van der Waals surface area contributed by atoms with Crippen LogP contribution in [0.5, 0.6) is 0 Å². The standard InChI is InChI=1S/C13H20BrNO4S/c1-3-19-6-4-5-15-20(17,18)12-8-11(9-16)7-10(2)13(12)14/h7-8,15-16H,3-6,9H2,1-2H3. The van der Waals surface area contributed by atoms with Gasteiger partial charge in [0.25, 0.3) is 0 Å². The van der Waals surface area contributed by atoms with Crippen molar-refractivity contribution >= 4 is 26.0 Å². The van der Waals surface area contributed by atoms with E-state index in [4.69, 9.17) is 9.84 Å². The molecule has 5 nitrogen and oxygen atoms in total. The molecular weight excluding hydrogens is 346 g/mol. The first-order valence-corrected chi connectivity index (χ1v) is 8.67.